The normalized spacial score (nSPS) is 12.1. The Hall–Kier alpha value is -1.00. The summed E-state index contributed by atoms with van der Waals surface area (Å²) >= 11 is 11.8. The summed E-state index contributed by atoms with van der Waals surface area (Å²) < 4.78 is 37.6. The molecule has 2 rings (SSSR count). The fourth-order valence-electron chi connectivity index (χ4n) is 1.49. The van der Waals surface area contributed by atoms with Crippen molar-refractivity contribution in [1.82, 2.24) is 4.98 Å². The van der Waals surface area contributed by atoms with Crippen LogP contribution in [0.5, 0.6) is 0 Å². The van der Waals surface area contributed by atoms with Crippen molar-refractivity contribution in [3.63, 3.8) is 0 Å². The Morgan fingerprint density at radius 3 is 2.35 bits per heavy atom. The van der Waals surface area contributed by atoms with Crippen molar-refractivity contribution >= 4 is 34.1 Å². The van der Waals surface area contributed by atoms with E-state index in [1.165, 1.54) is 6.07 Å². The van der Waals surface area contributed by atoms with Gasteiger partial charge < -0.3 is 0 Å². The first-order chi connectivity index (χ1) is 7.80. The van der Waals surface area contributed by atoms with Gasteiger partial charge in [0, 0.05) is 5.39 Å². The number of aryl methyl sites for hydroxylation is 1. The van der Waals surface area contributed by atoms with Crippen LogP contribution in [0.15, 0.2) is 18.2 Å². The average Bonchev–Trinajstić information content (AvgIpc) is 2.24. The molecule has 0 aliphatic rings. The van der Waals surface area contributed by atoms with Gasteiger partial charge in [-0.05, 0) is 25.1 Å². The molecule has 2 aromatic rings. The first-order valence-corrected chi connectivity index (χ1v) is 5.39. The highest BCUT2D eigenvalue weighted by Crippen LogP contribution is 2.36. The molecule has 1 nitrogen and oxygen atoms in total. The maximum atomic E-state index is 12.5. The summed E-state index contributed by atoms with van der Waals surface area (Å²) in [4.78, 5) is 4.08. The van der Waals surface area contributed by atoms with E-state index in [1.54, 1.807) is 6.92 Å². The SMILES string of the molecule is Cc1nc2ccc(C(F)(F)F)cc2c(Cl)c1Cl. The summed E-state index contributed by atoms with van der Waals surface area (Å²) in [5.41, 5.74) is 0.113. The van der Waals surface area contributed by atoms with E-state index in [2.05, 4.69) is 4.98 Å². The van der Waals surface area contributed by atoms with Crippen LogP contribution >= 0.6 is 23.2 Å². The Bertz CT molecular complexity index is 593. The van der Waals surface area contributed by atoms with E-state index >= 15 is 0 Å². The van der Waals surface area contributed by atoms with Gasteiger partial charge >= 0.3 is 6.18 Å². The van der Waals surface area contributed by atoms with E-state index in [4.69, 9.17) is 23.2 Å². The zero-order valence-electron chi connectivity index (χ0n) is 8.57. The van der Waals surface area contributed by atoms with E-state index in [-0.39, 0.29) is 15.4 Å². The maximum absolute atomic E-state index is 12.5. The topological polar surface area (TPSA) is 12.9 Å². The molecule has 0 fully saturated rings. The second-order valence-electron chi connectivity index (χ2n) is 3.55. The molecule has 0 N–H and O–H groups in total. The van der Waals surface area contributed by atoms with Crippen LogP contribution in [-0.4, -0.2) is 4.98 Å². The first-order valence-electron chi connectivity index (χ1n) is 4.63. The standard InChI is InChI=1S/C11H6Cl2F3N/c1-5-9(12)10(13)7-4-6(11(14,15)16)2-3-8(7)17-5/h2-4H,1H3. The summed E-state index contributed by atoms with van der Waals surface area (Å²) in [5, 5.41) is 0.482. The molecule has 0 amide bonds. The van der Waals surface area contributed by atoms with Gasteiger partial charge in [0.2, 0.25) is 0 Å². The first kappa shape index (κ1) is 12.5. The number of pyridine rings is 1. The number of fused-ring (bicyclic) bond motifs is 1. The lowest BCUT2D eigenvalue weighted by atomic mass is 10.1. The summed E-state index contributed by atoms with van der Waals surface area (Å²) in [6.45, 7) is 1.64. The molecule has 6 heteroatoms. The van der Waals surface area contributed by atoms with Crippen molar-refractivity contribution in [3.8, 4) is 0 Å². The van der Waals surface area contributed by atoms with Gasteiger partial charge in [0.1, 0.15) is 0 Å². The molecular weight excluding hydrogens is 274 g/mol. The minimum absolute atomic E-state index is 0.0975. The van der Waals surface area contributed by atoms with E-state index in [0.717, 1.165) is 12.1 Å². The molecule has 0 radical (unpaired) electrons. The Morgan fingerprint density at radius 2 is 1.76 bits per heavy atom. The molecule has 0 unspecified atom stereocenters. The van der Waals surface area contributed by atoms with Crippen molar-refractivity contribution < 1.29 is 13.2 Å². The molecular formula is C11H6Cl2F3N. The second-order valence-corrected chi connectivity index (χ2v) is 4.31. The molecule has 0 saturated heterocycles. The van der Waals surface area contributed by atoms with Crippen molar-refractivity contribution in [2.45, 2.75) is 13.1 Å². The van der Waals surface area contributed by atoms with Crippen LogP contribution in [0, 0.1) is 6.92 Å². The second kappa shape index (κ2) is 4.03. The van der Waals surface area contributed by atoms with Crippen LogP contribution in [0.1, 0.15) is 11.3 Å². The van der Waals surface area contributed by atoms with Gasteiger partial charge in [-0.25, -0.2) is 0 Å². The Morgan fingerprint density at radius 1 is 1.12 bits per heavy atom. The average molecular weight is 280 g/mol. The quantitative estimate of drug-likeness (QED) is 0.671. The smallest absolute Gasteiger partial charge is 0.251 e. The predicted octanol–water partition coefficient (Wildman–Crippen LogP) is 4.87. The number of hydrogen-bond donors (Lipinski definition) is 0. The van der Waals surface area contributed by atoms with Gasteiger partial charge in [0.25, 0.3) is 0 Å². The maximum Gasteiger partial charge on any atom is 0.416 e. The summed E-state index contributed by atoms with van der Waals surface area (Å²) in [6.07, 6.45) is -4.41. The van der Waals surface area contributed by atoms with E-state index in [9.17, 15) is 13.2 Å². The van der Waals surface area contributed by atoms with Crippen molar-refractivity contribution in [3.05, 3.63) is 39.5 Å². The molecule has 1 aromatic heterocycles. The summed E-state index contributed by atoms with van der Waals surface area (Å²) in [6, 6.07) is 3.21. The van der Waals surface area contributed by atoms with Crippen LogP contribution in [-0.2, 0) is 6.18 Å². The number of rotatable bonds is 0. The lowest BCUT2D eigenvalue weighted by Gasteiger charge is -2.10. The number of hydrogen-bond acceptors (Lipinski definition) is 1. The van der Waals surface area contributed by atoms with Gasteiger partial charge in [0.15, 0.2) is 0 Å². The fraction of sp³-hybridized carbons (Fsp3) is 0.182. The van der Waals surface area contributed by atoms with Crippen LogP contribution in [0.25, 0.3) is 10.9 Å². The lowest BCUT2D eigenvalue weighted by Crippen LogP contribution is -2.04. The van der Waals surface area contributed by atoms with Crippen LogP contribution < -0.4 is 0 Å². The van der Waals surface area contributed by atoms with Crippen molar-refractivity contribution in [1.29, 1.82) is 0 Å². The van der Waals surface area contributed by atoms with E-state index < -0.39 is 11.7 Å². The predicted molar refractivity (Wildman–Crippen MR) is 61.5 cm³/mol. The van der Waals surface area contributed by atoms with Crippen LogP contribution in [0.4, 0.5) is 13.2 Å². The highest BCUT2D eigenvalue weighted by molar-refractivity contribution is 6.45. The number of aromatic nitrogens is 1. The van der Waals surface area contributed by atoms with E-state index in [1.807, 2.05) is 0 Å². The largest absolute Gasteiger partial charge is 0.416 e. The monoisotopic (exact) mass is 279 g/mol. The number of halogens is 5. The minimum atomic E-state index is -4.41. The molecule has 0 saturated carbocycles. The molecule has 17 heavy (non-hydrogen) atoms. The van der Waals surface area contributed by atoms with Crippen LogP contribution in [0.2, 0.25) is 10.0 Å². The molecule has 0 atom stereocenters. The highest BCUT2D eigenvalue weighted by Gasteiger charge is 2.30. The molecule has 0 bridgehead atoms. The third-order valence-corrected chi connectivity index (χ3v) is 3.31. The van der Waals surface area contributed by atoms with Gasteiger partial charge in [0.05, 0.1) is 26.8 Å². The zero-order chi connectivity index (χ0) is 12.8. The number of alkyl halides is 3. The molecule has 0 aliphatic heterocycles. The number of benzene rings is 1. The Kier molecular flexibility index (Phi) is 2.96. The molecule has 90 valence electrons. The van der Waals surface area contributed by atoms with E-state index in [0.29, 0.717) is 11.2 Å². The third kappa shape index (κ3) is 2.19. The minimum Gasteiger partial charge on any atom is -0.251 e. The Balaban J connectivity index is 2.78. The highest BCUT2D eigenvalue weighted by atomic mass is 35.5. The summed E-state index contributed by atoms with van der Waals surface area (Å²) in [5.74, 6) is 0. The van der Waals surface area contributed by atoms with Crippen molar-refractivity contribution in [2.24, 2.45) is 0 Å². The van der Waals surface area contributed by atoms with Gasteiger partial charge in [-0.1, -0.05) is 23.2 Å². The van der Waals surface area contributed by atoms with Gasteiger partial charge in [-0.2, -0.15) is 13.2 Å². The summed E-state index contributed by atoms with van der Waals surface area (Å²) in [7, 11) is 0. The molecule has 0 spiro atoms. The van der Waals surface area contributed by atoms with Gasteiger partial charge in [-0.3, -0.25) is 4.98 Å². The fourth-order valence-corrected chi connectivity index (χ4v) is 1.92. The lowest BCUT2D eigenvalue weighted by molar-refractivity contribution is -0.137. The van der Waals surface area contributed by atoms with Crippen LogP contribution in [0.3, 0.4) is 0 Å². The third-order valence-electron chi connectivity index (χ3n) is 2.36. The molecule has 0 aliphatic carbocycles. The molecule has 1 aromatic carbocycles. The Labute approximate surface area is 105 Å². The zero-order valence-corrected chi connectivity index (χ0v) is 10.1. The van der Waals surface area contributed by atoms with Gasteiger partial charge in [-0.15, -0.1) is 0 Å². The number of nitrogens with zero attached hydrogens (tertiary/aromatic N) is 1. The van der Waals surface area contributed by atoms with Crippen molar-refractivity contribution in [2.75, 3.05) is 0 Å². The molecule has 1 heterocycles.